The highest BCUT2D eigenvalue weighted by molar-refractivity contribution is 7.08. The molecule has 0 amide bonds. The van der Waals surface area contributed by atoms with Gasteiger partial charge in [-0.1, -0.05) is 13.0 Å². The Morgan fingerprint density at radius 1 is 1.19 bits per heavy atom. The molecule has 0 aliphatic heterocycles. The number of hydrogen-bond donors (Lipinski definition) is 1. The van der Waals surface area contributed by atoms with E-state index < -0.39 is 0 Å². The van der Waals surface area contributed by atoms with Gasteiger partial charge in [0.2, 0.25) is 0 Å². The summed E-state index contributed by atoms with van der Waals surface area (Å²) >= 11 is 1.74. The maximum absolute atomic E-state index is 3.31. The van der Waals surface area contributed by atoms with Gasteiger partial charge in [-0.05, 0) is 52.1 Å². The molecule has 3 rings (SSSR count). The first-order valence-electron chi connectivity index (χ1n) is 5.51. The number of aromatic nitrogens is 1. The molecule has 0 unspecified atom stereocenters. The van der Waals surface area contributed by atoms with Crippen LogP contribution in [0.15, 0.2) is 41.2 Å². The third-order valence-electron chi connectivity index (χ3n) is 3.00. The minimum absolute atomic E-state index is 1.08. The number of benzene rings is 1. The molecule has 2 heterocycles. The topological polar surface area (TPSA) is 15.8 Å². The van der Waals surface area contributed by atoms with Crippen molar-refractivity contribution >= 4 is 22.2 Å². The summed E-state index contributed by atoms with van der Waals surface area (Å²) in [4.78, 5) is 3.31. The molecule has 0 fully saturated rings. The van der Waals surface area contributed by atoms with Gasteiger partial charge in [-0.15, -0.1) is 0 Å². The number of hydrogen-bond acceptors (Lipinski definition) is 1. The summed E-state index contributed by atoms with van der Waals surface area (Å²) in [7, 11) is 0. The molecule has 1 N–H and O–H groups in total. The average molecular weight is 227 g/mol. The zero-order valence-corrected chi connectivity index (χ0v) is 9.97. The highest BCUT2D eigenvalue weighted by atomic mass is 32.1. The smallest absolute Gasteiger partial charge is 0.0457 e. The van der Waals surface area contributed by atoms with E-state index in [0.29, 0.717) is 0 Å². The normalized spacial score (nSPS) is 11.1. The van der Waals surface area contributed by atoms with E-state index in [0.717, 1.165) is 6.42 Å². The van der Waals surface area contributed by atoms with Gasteiger partial charge in [0.05, 0.1) is 0 Å². The lowest BCUT2D eigenvalue weighted by molar-refractivity contribution is 1.15. The minimum Gasteiger partial charge on any atom is -0.361 e. The molecule has 0 saturated carbocycles. The summed E-state index contributed by atoms with van der Waals surface area (Å²) in [5.74, 6) is 0. The van der Waals surface area contributed by atoms with Gasteiger partial charge < -0.3 is 4.98 Å². The molecule has 0 aliphatic rings. The highest BCUT2D eigenvalue weighted by Crippen LogP contribution is 2.27. The maximum Gasteiger partial charge on any atom is 0.0457 e. The van der Waals surface area contributed by atoms with Gasteiger partial charge in [-0.2, -0.15) is 11.3 Å². The lowest BCUT2D eigenvalue weighted by Crippen LogP contribution is -1.77. The summed E-state index contributed by atoms with van der Waals surface area (Å²) in [5.41, 5.74) is 5.25. The zero-order chi connectivity index (χ0) is 11.0. The van der Waals surface area contributed by atoms with Crippen molar-refractivity contribution in [1.29, 1.82) is 0 Å². The van der Waals surface area contributed by atoms with Crippen LogP contribution in [0.3, 0.4) is 0 Å². The molecule has 0 bridgehead atoms. The fourth-order valence-electron chi connectivity index (χ4n) is 2.08. The number of H-pyrrole nitrogens is 1. The average Bonchev–Trinajstić information content (AvgIpc) is 2.97. The molecule has 3 aromatic rings. The number of nitrogens with one attached hydrogen (secondary N) is 1. The lowest BCUT2D eigenvalue weighted by atomic mass is 10.0. The largest absolute Gasteiger partial charge is 0.361 e. The summed E-state index contributed by atoms with van der Waals surface area (Å²) in [6.07, 6.45) is 3.19. The Morgan fingerprint density at radius 3 is 2.88 bits per heavy atom. The van der Waals surface area contributed by atoms with Gasteiger partial charge in [-0.3, -0.25) is 0 Å². The Kier molecular flexibility index (Phi) is 2.29. The van der Waals surface area contributed by atoms with E-state index in [-0.39, 0.29) is 0 Å². The third kappa shape index (κ3) is 1.46. The number of aromatic amines is 1. The first kappa shape index (κ1) is 9.67. The fraction of sp³-hybridized carbons (Fsp3) is 0.143. The summed E-state index contributed by atoms with van der Waals surface area (Å²) in [6.45, 7) is 2.19. The van der Waals surface area contributed by atoms with Crippen molar-refractivity contribution in [2.75, 3.05) is 0 Å². The third-order valence-corrected chi connectivity index (χ3v) is 3.69. The van der Waals surface area contributed by atoms with E-state index in [9.17, 15) is 0 Å². The monoisotopic (exact) mass is 227 g/mol. The van der Waals surface area contributed by atoms with Gasteiger partial charge in [0, 0.05) is 17.1 Å². The van der Waals surface area contributed by atoms with Gasteiger partial charge in [0.1, 0.15) is 0 Å². The molecule has 16 heavy (non-hydrogen) atoms. The summed E-state index contributed by atoms with van der Waals surface area (Å²) in [5, 5.41) is 5.67. The number of thiophene rings is 1. The number of aryl methyl sites for hydroxylation is 1. The Labute approximate surface area is 98.7 Å². The van der Waals surface area contributed by atoms with Crippen LogP contribution < -0.4 is 0 Å². The van der Waals surface area contributed by atoms with Crippen molar-refractivity contribution in [2.45, 2.75) is 13.3 Å². The van der Waals surface area contributed by atoms with Gasteiger partial charge in [0.15, 0.2) is 0 Å². The molecule has 1 nitrogen and oxygen atoms in total. The van der Waals surface area contributed by atoms with E-state index in [4.69, 9.17) is 0 Å². The van der Waals surface area contributed by atoms with Crippen molar-refractivity contribution in [3.8, 4) is 11.1 Å². The predicted molar refractivity (Wildman–Crippen MR) is 71.0 cm³/mol. The van der Waals surface area contributed by atoms with E-state index in [1.165, 1.54) is 27.6 Å². The van der Waals surface area contributed by atoms with Crippen molar-refractivity contribution in [1.82, 2.24) is 4.98 Å². The Balaban J connectivity index is 2.21. The Hall–Kier alpha value is -1.54. The summed E-state index contributed by atoms with van der Waals surface area (Å²) in [6, 6.07) is 8.80. The van der Waals surface area contributed by atoms with E-state index in [1.54, 1.807) is 11.3 Å². The van der Waals surface area contributed by atoms with Crippen molar-refractivity contribution in [3.05, 3.63) is 46.8 Å². The van der Waals surface area contributed by atoms with Crippen LogP contribution in [0.5, 0.6) is 0 Å². The molecule has 0 atom stereocenters. The second kappa shape index (κ2) is 3.80. The van der Waals surface area contributed by atoms with Gasteiger partial charge >= 0.3 is 0 Å². The van der Waals surface area contributed by atoms with Crippen LogP contribution in [0.4, 0.5) is 0 Å². The Morgan fingerprint density at radius 2 is 2.12 bits per heavy atom. The molecule has 1 aromatic carbocycles. The van der Waals surface area contributed by atoms with Crippen molar-refractivity contribution in [2.24, 2.45) is 0 Å². The first-order valence-corrected chi connectivity index (χ1v) is 6.45. The summed E-state index contributed by atoms with van der Waals surface area (Å²) < 4.78 is 0. The second-order valence-electron chi connectivity index (χ2n) is 3.94. The predicted octanol–water partition coefficient (Wildman–Crippen LogP) is 4.46. The molecule has 0 radical (unpaired) electrons. The van der Waals surface area contributed by atoms with Crippen molar-refractivity contribution in [3.63, 3.8) is 0 Å². The van der Waals surface area contributed by atoms with Gasteiger partial charge in [-0.25, -0.2) is 0 Å². The van der Waals surface area contributed by atoms with Gasteiger partial charge in [0.25, 0.3) is 0 Å². The molecule has 2 aromatic heterocycles. The van der Waals surface area contributed by atoms with E-state index >= 15 is 0 Å². The maximum atomic E-state index is 3.31. The SMILES string of the molecule is CCc1c[nH]c2ccc(-c3ccsc3)cc12. The van der Waals surface area contributed by atoms with Crippen LogP contribution >= 0.6 is 11.3 Å². The van der Waals surface area contributed by atoms with Crippen LogP contribution in [-0.2, 0) is 6.42 Å². The standard InChI is InChI=1S/C14H13NS/c1-2-10-8-15-14-4-3-11(7-13(10)14)12-5-6-16-9-12/h3-9,15H,2H2,1H3. The van der Waals surface area contributed by atoms with Crippen LogP contribution in [0.2, 0.25) is 0 Å². The zero-order valence-electron chi connectivity index (χ0n) is 9.16. The first-order chi connectivity index (χ1) is 7.88. The minimum atomic E-state index is 1.08. The molecular weight excluding hydrogens is 214 g/mol. The van der Waals surface area contributed by atoms with Crippen molar-refractivity contribution < 1.29 is 0 Å². The highest BCUT2D eigenvalue weighted by Gasteiger charge is 2.04. The van der Waals surface area contributed by atoms with Crippen LogP contribution in [0, 0.1) is 0 Å². The quantitative estimate of drug-likeness (QED) is 0.665. The molecule has 2 heteroatoms. The molecule has 0 aliphatic carbocycles. The Bertz CT molecular complexity index is 605. The number of rotatable bonds is 2. The van der Waals surface area contributed by atoms with Crippen LogP contribution in [-0.4, -0.2) is 4.98 Å². The van der Waals surface area contributed by atoms with E-state index in [1.807, 2.05) is 0 Å². The van der Waals surface area contributed by atoms with Crippen LogP contribution in [0.25, 0.3) is 22.0 Å². The molecule has 0 saturated heterocycles. The molecular formula is C14H13NS. The second-order valence-corrected chi connectivity index (χ2v) is 4.72. The van der Waals surface area contributed by atoms with Crippen LogP contribution in [0.1, 0.15) is 12.5 Å². The van der Waals surface area contributed by atoms with E-state index in [2.05, 4.69) is 53.1 Å². The number of fused-ring (bicyclic) bond motifs is 1. The molecule has 0 spiro atoms. The molecule has 80 valence electrons. The fourth-order valence-corrected chi connectivity index (χ4v) is 2.74. The lowest BCUT2D eigenvalue weighted by Gasteiger charge is -1.99.